The number of anilines is 1. The van der Waals surface area contributed by atoms with Gasteiger partial charge in [0.05, 0.1) is 24.8 Å². The number of hydrogen-bond acceptors (Lipinski definition) is 6. The van der Waals surface area contributed by atoms with Crippen molar-refractivity contribution in [2.75, 3.05) is 31.6 Å². The van der Waals surface area contributed by atoms with E-state index in [-0.39, 0.29) is 29.3 Å². The summed E-state index contributed by atoms with van der Waals surface area (Å²) in [6, 6.07) is 24.1. The first-order chi connectivity index (χ1) is 22.5. The number of amides is 2. The van der Waals surface area contributed by atoms with Crippen molar-refractivity contribution in [3.63, 3.8) is 0 Å². The van der Waals surface area contributed by atoms with Crippen LogP contribution in [0.15, 0.2) is 95.9 Å². The van der Waals surface area contributed by atoms with Crippen molar-refractivity contribution in [3.8, 4) is 11.5 Å². The normalized spacial score (nSPS) is 11.8. The summed E-state index contributed by atoms with van der Waals surface area (Å²) in [5, 5.41) is 3.42. The number of nitrogens with zero attached hydrogens (tertiary/aromatic N) is 2. The molecule has 4 aromatic carbocycles. The van der Waals surface area contributed by atoms with Gasteiger partial charge in [0.2, 0.25) is 11.8 Å². The van der Waals surface area contributed by atoms with Crippen LogP contribution in [0.4, 0.5) is 5.69 Å². The summed E-state index contributed by atoms with van der Waals surface area (Å²) in [6.07, 6.45) is 0.147. The van der Waals surface area contributed by atoms with Crippen LogP contribution < -0.4 is 19.1 Å². The summed E-state index contributed by atoms with van der Waals surface area (Å²) in [6.45, 7) is 3.08. The fraction of sp³-hybridized carbons (Fsp3) is 0.257. The van der Waals surface area contributed by atoms with Gasteiger partial charge >= 0.3 is 0 Å². The maximum Gasteiger partial charge on any atom is 0.264 e. The van der Waals surface area contributed by atoms with Gasteiger partial charge in [-0.15, -0.1) is 0 Å². The second-order valence-electron chi connectivity index (χ2n) is 10.7. The SMILES string of the molecule is CCNC(=O)C(Cc1ccccc1)N(Cc1c(Cl)cccc1Cl)C(=O)CN(c1cc(OC)ccc1OC)S(=O)(=O)c1ccc(C)cc1. The van der Waals surface area contributed by atoms with Gasteiger partial charge in [0.25, 0.3) is 10.0 Å². The first kappa shape index (κ1) is 35.6. The number of hydrogen-bond donors (Lipinski definition) is 1. The summed E-state index contributed by atoms with van der Waals surface area (Å²) in [7, 11) is -1.51. The molecule has 0 aliphatic heterocycles. The van der Waals surface area contributed by atoms with Gasteiger partial charge in [0.1, 0.15) is 24.1 Å². The van der Waals surface area contributed by atoms with Crippen LogP contribution in [0.25, 0.3) is 0 Å². The van der Waals surface area contributed by atoms with Crippen LogP contribution in [-0.4, -0.2) is 58.5 Å². The molecule has 248 valence electrons. The minimum Gasteiger partial charge on any atom is -0.497 e. The van der Waals surface area contributed by atoms with Gasteiger partial charge in [-0.1, -0.05) is 77.3 Å². The smallest absolute Gasteiger partial charge is 0.264 e. The fourth-order valence-electron chi connectivity index (χ4n) is 5.04. The molecule has 1 unspecified atom stereocenters. The summed E-state index contributed by atoms with van der Waals surface area (Å²) in [5.41, 5.74) is 2.15. The monoisotopic (exact) mass is 697 g/mol. The highest BCUT2D eigenvalue weighted by molar-refractivity contribution is 7.92. The van der Waals surface area contributed by atoms with Gasteiger partial charge < -0.3 is 19.7 Å². The predicted octanol–water partition coefficient (Wildman–Crippen LogP) is 6.29. The van der Waals surface area contributed by atoms with E-state index in [1.165, 1.54) is 37.3 Å². The molecule has 0 aliphatic rings. The lowest BCUT2D eigenvalue weighted by Gasteiger charge is -2.34. The number of likely N-dealkylation sites (N-methyl/N-ethyl adjacent to an activating group) is 1. The number of halogens is 2. The van der Waals surface area contributed by atoms with Crippen molar-refractivity contribution in [2.45, 2.75) is 37.8 Å². The fourth-order valence-corrected chi connectivity index (χ4v) is 6.98. The number of ether oxygens (including phenoxy) is 2. The zero-order chi connectivity index (χ0) is 34.1. The Balaban J connectivity index is 1.89. The summed E-state index contributed by atoms with van der Waals surface area (Å²) in [5.74, 6) is -0.547. The molecule has 1 atom stereocenters. The van der Waals surface area contributed by atoms with Gasteiger partial charge in [0.15, 0.2) is 0 Å². The van der Waals surface area contributed by atoms with Crippen molar-refractivity contribution in [1.29, 1.82) is 0 Å². The molecule has 2 amide bonds. The van der Waals surface area contributed by atoms with E-state index in [1.807, 2.05) is 37.3 Å². The molecule has 47 heavy (non-hydrogen) atoms. The average molecular weight is 699 g/mol. The van der Waals surface area contributed by atoms with Crippen molar-refractivity contribution >= 4 is 50.7 Å². The van der Waals surface area contributed by atoms with E-state index in [4.69, 9.17) is 32.7 Å². The molecular weight excluding hydrogens is 661 g/mol. The molecule has 4 aromatic rings. The average Bonchev–Trinajstić information content (AvgIpc) is 3.06. The third-order valence-electron chi connectivity index (χ3n) is 7.55. The number of sulfonamides is 1. The third kappa shape index (κ3) is 8.57. The molecule has 0 saturated heterocycles. The maximum absolute atomic E-state index is 14.7. The first-order valence-electron chi connectivity index (χ1n) is 14.9. The Morgan fingerprint density at radius 2 is 1.53 bits per heavy atom. The predicted molar refractivity (Wildman–Crippen MR) is 185 cm³/mol. The third-order valence-corrected chi connectivity index (χ3v) is 10.0. The van der Waals surface area contributed by atoms with Crippen molar-refractivity contribution in [2.24, 2.45) is 0 Å². The van der Waals surface area contributed by atoms with E-state index < -0.39 is 34.4 Å². The Bertz CT molecular complexity index is 1780. The Labute approximate surface area is 286 Å². The van der Waals surface area contributed by atoms with Crippen LogP contribution in [0.1, 0.15) is 23.6 Å². The van der Waals surface area contributed by atoms with Crippen LogP contribution in [0, 0.1) is 6.92 Å². The van der Waals surface area contributed by atoms with E-state index in [2.05, 4.69) is 5.32 Å². The van der Waals surface area contributed by atoms with E-state index in [1.54, 1.807) is 49.4 Å². The Morgan fingerprint density at radius 3 is 2.13 bits per heavy atom. The van der Waals surface area contributed by atoms with Gasteiger partial charge in [0, 0.05) is 41.2 Å². The molecule has 1 N–H and O–H groups in total. The van der Waals surface area contributed by atoms with Crippen LogP contribution in [-0.2, 0) is 32.6 Å². The Kier molecular flexibility index (Phi) is 12.1. The number of carbonyl (C=O) groups excluding carboxylic acids is 2. The number of aryl methyl sites for hydroxylation is 1. The van der Waals surface area contributed by atoms with Crippen molar-refractivity contribution < 1.29 is 27.5 Å². The molecule has 9 nitrogen and oxygen atoms in total. The highest BCUT2D eigenvalue weighted by Gasteiger charge is 2.36. The van der Waals surface area contributed by atoms with E-state index >= 15 is 0 Å². The van der Waals surface area contributed by atoms with Crippen LogP contribution in [0.3, 0.4) is 0 Å². The standard InChI is InChI=1S/C35H37Cl2N3O6S/c1-5-38-35(42)32(20-25-10-7-6-8-11-25)39(22-28-29(36)12-9-13-30(28)37)34(41)23-40(31-21-26(45-3)16-19-33(31)46-4)47(43,44)27-17-14-24(2)15-18-27/h6-19,21,32H,5,20,22-23H2,1-4H3,(H,38,42). The van der Waals surface area contributed by atoms with E-state index in [0.29, 0.717) is 27.9 Å². The quantitative estimate of drug-likeness (QED) is 0.166. The van der Waals surface area contributed by atoms with Gasteiger partial charge in [-0.3, -0.25) is 13.9 Å². The lowest BCUT2D eigenvalue weighted by atomic mass is 10.0. The molecule has 4 rings (SSSR count). The highest BCUT2D eigenvalue weighted by Crippen LogP contribution is 2.36. The van der Waals surface area contributed by atoms with Crippen LogP contribution >= 0.6 is 23.2 Å². The summed E-state index contributed by atoms with van der Waals surface area (Å²) < 4.78 is 40.7. The molecule has 0 fully saturated rings. The van der Waals surface area contributed by atoms with E-state index in [0.717, 1.165) is 15.4 Å². The van der Waals surface area contributed by atoms with Crippen molar-refractivity contribution in [1.82, 2.24) is 10.2 Å². The summed E-state index contributed by atoms with van der Waals surface area (Å²) >= 11 is 13.1. The largest absolute Gasteiger partial charge is 0.497 e. The number of rotatable bonds is 14. The minimum atomic E-state index is -4.36. The highest BCUT2D eigenvalue weighted by atomic mass is 35.5. The zero-order valence-corrected chi connectivity index (χ0v) is 28.9. The van der Waals surface area contributed by atoms with Crippen molar-refractivity contribution in [3.05, 3.63) is 118 Å². The second-order valence-corrected chi connectivity index (χ2v) is 13.4. The molecule has 0 aromatic heterocycles. The van der Waals surface area contributed by atoms with Gasteiger partial charge in [-0.2, -0.15) is 0 Å². The van der Waals surface area contributed by atoms with Gasteiger partial charge in [-0.05, 0) is 55.8 Å². The maximum atomic E-state index is 14.7. The number of methoxy groups -OCH3 is 2. The number of nitrogens with one attached hydrogen (secondary N) is 1. The lowest BCUT2D eigenvalue weighted by molar-refractivity contribution is -0.140. The number of benzene rings is 4. The molecule has 12 heteroatoms. The van der Waals surface area contributed by atoms with Crippen LogP contribution in [0.5, 0.6) is 11.5 Å². The molecule has 0 radical (unpaired) electrons. The second kappa shape index (κ2) is 16.0. The molecule has 0 heterocycles. The number of carbonyl (C=O) groups is 2. The van der Waals surface area contributed by atoms with Crippen LogP contribution in [0.2, 0.25) is 10.0 Å². The summed E-state index contributed by atoms with van der Waals surface area (Å²) in [4.78, 5) is 29.7. The first-order valence-corrected chi connectivity index (χ1v) is 17.0. The Morgan fingerprint density at radius 1 is 0.872 bits per heavy atom. The van der Waals surface area contributed by atoms with E-state index in [9.17, 15) is 18.0 Å². The molecule has 0 aliphatic carbocycles. The molecule has 0 spiro atoms. The lowest BCUT2D eigenvalue weighted by Crippen LogP contribution is -2.53. The zero-order valence-electron chi connectivity index (χ0n) is 26.6. The topological polar surface area (TPSA) is 105 Å². The molecule has 0 bridgehead atoms. The Hall–Kier alpha value is -4.25. The molecule has 0 saturated carbocycles. The minimum absolute atomic E-state index is 0.0361. The van der Waals surface area contributed by atoms with Gasteiger partial charge in [-0.25, -0.2) is 8.42 Å². The molecular formula is C35H37Cl2N3O6S.